The first-order chi connectivity index (χ1) is 16.3. The van der Waals surface area contributed by atoms with Crippen LogP contribution >= 0.6 is 12.6 Å². The van der Waals surface area contributed by atoms with Gasteiger partial charge in [-0.2, -0.15) is 17.9 Å². The summed E-state index contributed by atoms with van der Waals surface area (Å²) in [6.45, 7) is 3.52. The van der Waals surface area contributed by atoms with Gasteiger partial charge in [-0.05, 0) is 31.2 Å². The van der Waals surface area contributed by atoms with Gasteiger partial charge >= 0.3 is 5.97 Å². The summed E-state index contributed by atoms with van der Waals surface area (Å²) in [6.07, 6.45) is 0.649. The van der Waals surface area contributed by atoms with Gasteiger partial charge in [-0.3, -0.25) is 14.6 Å². The number of aryl methyl sites for hydroxylation is 1. The molecule has 1 amide bonds. The van der Waals surface area contributed by atoms with Crippen molar-refractivity contribution >= 4 is 36.0 Å². The molecule has 34 heavy (non-hydrogen) atoms. The Balaban J connectivity index is 1.91. The highest BCUT2D eigenvalue weighted by Gasteiger charge is 2.21. The molecule has 0 aliphatic rings. The maximum absolute atomic E-state index is 11.7. The minimum Gasteiger partial charge on any atom is -0.466 e. The average Bonchev–Trinajstić information content (AvgIpc) is 2.82. The average molecular weight is 477 g/mol. The Morgan fingerprint density at radius 1 is 1.18 bits per heavy atom. The number of pyridine rings is 1. The number of nitrogens with two attached hydrogens (primary N) is 1. The summed E-state index contributed by atoms with van der Waals surface area (Å²) in [5, 5.41) is 11.7. The molecule has 10 heteroatoms. The molecule has 1 atom stereocenters. The van der Waals surface area contributed by atoms with Crippen molar-refractivity contribution < 1.29 is 14.3 Å². The lowest BCUT2D eigenvalue weighted by atomic mass is 10.1. The predicted octanol–water partition coefficient (Wildman–Crippen LogP) is 3.47. The van der Waals surface area contributed by atoms with Gasteiger partial charge in [-0.25, -0.2) is 9.97 Å². The summed E-state index contributed by atoms with van der Waals surface area (Å²) in [5.74, 6) is -0.148. The van der Waals surface area contributed by atoms with Crippen LogP contribution in [0.4, 0.5) is 11.5 Å². The first-order valence-corrected chi connectivity index (χ1v) is 11.1. The van der Waals surface area contributed by atoms with Crippen molar-refractivity contribution in [3.8, 4) is 17.3 Å². The van der Waals surface area contributed by atoms with Crippen LogP contribution in [-0.4, -0.2) is 33.4 Å². The summed E-state index contributed by atoms with van der Waals surface area (Å²) in [5.41, 5.74) is 9.14. The Hall–Kier alpha value is -3.97. The monoisotopic (exact) mass is 476 g/mol. The Morgan fingerprint density at radius 2 is 1.91 bits per heavy atom. The lowest BCUT2D eigenvalue weighted by Gasteiger charge is -2.14. The van der Waals surface area contributed by atoms with Crippen molar-refractivity contribution in [2.24, 2.45) is 0 Å². The molecule has 174 valence electrons. The van der Waals surface area contributed by atoms with E-state index in [1.54, 1.807) is 37.3 Å². The molecule has 2 heterocycles. The molecule has 1 unspecified atom stereocenters. The SMILES string of the molecule is CCOC(=O)CCc1cccc(C(S)c2nc(N)c(C#N)c(-c3ccc(NC(C)=O)cc3)n2)n1. The third-order valence-corrected chi connectivity index (χ3v) is 5.28. The topological polar surface area (TPSA) is 144 Å². The fourth-order valence-corrected chi connectivity index (χ4v) is 3.50. The second-order valence-electron chi connectivity index (χ2n) is 7.32. The number of amides is 1. The first kappa shape index (κ1) is 24.7. The highest BCUT2D eigenvalue weighted by atomic mass is 32.1. The van der Waals surface area contributed by atoms with E-state index in [0.29, 0.717) is 41.4 Å². The van der Waals surface area contributed by atoms with Gasteiger partial charge in [0.25, 0.3) is 0 Å². The molecule has 0 fully saturated rings. The number of esters is 1. The lowest BCUT2D eigenvalue weighted by molar-refractivity contribution is -0.143. The van der Waals surface area contributed by atoms with Crippen molar-refractivity contribution in [1.82, 2.24) is 15.0 Å². The summed E-state index contributed by atoms with van der Waals surface area (Å²) in [6, 6.07) is 14.4. The number of thiol groups is 1. The molecule has 0 bridgehead atoms. The Morgan fingerprint density at radius 3 is 2.56 bits per heavy atom. The largest absolute Gasteiger partial charge is 0.466 e. The van der Waals surface area contributed by atoms with Gasteiger partial charge in [0.2, 0.25) is 5.91 Å². The molecule has 0 saturated carbocycles. The Bertz CT molecular complexity index is 1240. The zero-order valence-electron chi connectivity index (χ0n) is 18.8. The zero-order valence-corrected chi connectivity index (χ0v) is 19.7. The number of nitrogens with zero attached hydrogens (tertiary/aromatic N) is 4. The van der Waals surface area contributed by atoms with Crippen LogP contribution in [-0.2, 0) is 20.7 Å². The van der Waals surface area contributed by atoms with E-state index in [9.17, 15) is 14.9 Å². The van der Waals surface area contributed by atoms with Crippen LogP contribution < -0.4 is 11.1 Å². The number of rotatable bonds is 8. The standard InChI is InChI=1S/C24H24N6O3S/c1-3-33-20(32)12-11-16-5-4-6-19(28-16)22(34)24-29-21(18(13-25)23(26)30-24)15-7-9-17(10-8-15)27-14(2)31/h4-10,22,34H,3,11-12H2,1-2H3,(H,27,31)(H2,26,29,30). The fourth-order valence-electron chi connectivity index (χ4n) is 3.24. The smallest absolute Gasteiger partial charge is 0.306 e. The van der Waals surface area contributed by atoms with Gasteiger partial charge in [0.15, 0.2) is 0 Å². The van der Waals surface area contributed by atoms with Crippen LogP contribution in [0.25, 0.3) is 11.3 Å². The number of nitrogen functional groups attached to an aromatic ring is 1. The predicted molar refractivity (Wildman–Crippen MR) is 131 cm³/mol. The number of nitrogens with one attached hydrogen (secondary N) is 1. The summed E-state index contributed by atoms with van der Waals surface area (Å²) in [7, 11) is 0. The molecule has 0 aliphatic heterocycles. The lowest BCUT2D eigenvalue weighted by Crippen LogP contribution is -2.10. The molecule has 0 saturated heterocycles. The van der Waals surface area contributed by atoms with Crippen molar-refractivity contribution in [3.05, 3.63) is 65.2 Å². The molecule has 3 N–H and O–H groups in total. The zero-order chi connectivity index (χ0) is 24.7. The van der Waals surface area contributed by atoms with E-state index in [4.69, 9.17) is 10.5 Å². The van der Waals surface area contributed by atoms with Gasteiger partial charge in [-0.15, -0.1) is 0 Å². The van der Waals surface area contributed by atoms with Crippen LogP contribution in [0.1, 0.15) is 48.3 Å². The van der Waals surface area contributed by atoms with Crippen LogP contribution in [0.15, 0.2) is 42.5 Å². The van der Waals surface area contributed by atoms with E-state index in [1.807, 2.05) is 12.1 Å². The maximum Gasteiger partial charge on any atom is 0.306 e. The number of ether oxygens (including phenoxy) is 1. The minimum atomic E-state index is -0.616. The molecule has 0 spiro atoms. The second-order valence-corrected chi connectivity index (χ2v) is 7.84. The number of carbonyl (C=O) groups excluding carboxylic acids is 2. The fraction of sp³-hybridized carbons (Fsp3) is 0.250. The Kier molecular flexibility index (Phi) is 8.16. The normalized spacial score (nSPS) is 11.4. The van der Waals surface area contributed by atoms with E-state index in [2.05, 4.69) is 39.0 Å². The van der Waals surface area contributed by atoms with Crippen LogP contribution in [0, 0.1) is 11.3 Å². The molecule has 3 rings (SSSR count). The summed E-state index contributed by atoms with van der Waals surface area (Å²) < 4.78 is 4.96. The number of anilines is 2. The number of nitriles is 1. The van der Waals surface area contributed by atoms with Crippen molar-refractivity contribution in [2.75, 3.05) is 17.7 Å². The van der Waals surface area contributed by atoms with E-state index in [-0.39, 0.29) is 35.5 Å². The first-order valence-electron chi connectivity index (χ1n) is 10.6. The van der Waals surface area contributed by atoms with Crippen LogP contribution in [0.2, 0.25) is 0 Å². The van der Waals surface area contributed by atoms with Gasteiger partial charge in [0, 0.05) is 30.3 Å². The number of benzene rings is 1. The van der Waals surface area contributed by atoms with Crippen LogP contribution in [0.5, 0.6) is 0 Å². The van der Waals surface area contributed by atoms with Gasteiger partial charge < -0.3 is 15.8 Å². The van der Waals surface area contributed by atoms with Crippen molar-refractivity contribution in [2.45, 2.75) is 31.9 Å². The highest BCUT2D eigenvalue weighted by molar-refractivity contribution is 7.80. The van der Waals surface area contributed by atoms with E-state index in [0.717, 1.165) is 0 Å². The molecule has 2 aromatic heterocycles. The quantitative estimate of drug-likeness (QED) is 0.331. The molecule has 9 nitrogen and oxygen atoms in total. The number of hydrogen-bond acceptors (Lipinski definition) is 9. The molecular weight excluding hydrogens is 452 g/mol. The van der Waals surface area contributed by atoms with Crippen molar-refractivity contribution in [1.29, 1.82) is 5.26 Å². The number of hydrogen-bond donors (Lipinski definition) is 3. The molecular formula is C24H24N6O3S. The van der Waals surface area contributed by atoms with Gasteiger partial charge in [-0.1, -0.05) is 18.2 Å². The molecule has 3 aromatic rings. The van der Waals surface area contributed by atoms with E-state index < -0.39 is 5.25 Å². The third-order valence-electron chi connectivity index (χ3n) is 4.79. The second kappa shape index (κ2) is 11.2. The summed E-state index contributed by atoms with van der Waals surface area (Å²) in [4.78, 5) is 36.4. The molecule has 1 aromatic carbocycles. The van der Waals surface area contributed by atoms with Crippen LogP contribution in [0.3, 0.4) is 0 Å². The number of aromatic nitrogens is 3. The molecule has 0 radical (unpaired) electrons. The van der Waals surface area contributed by atoms with Crippen molar-refractivity contribution in [3.63, 3.8) is 0 Å². The maximum atomic E-state index is 11.7. The highest BCUT2D eigenvalue weighted by Crippen LogP contribution is 2.31. The third kappa shape index (κ3) is 6.08. The summed E-state index contributed by atoms with van der Waals surface area (Å²) >= 11 is 4.66. The Labute approximate surface area is 202 Å². The van der Waals surface area contributed by atoms with E-state index in [1.165, 1.54) is 6.92 Å². The minimum absolute atomic E-state index is 0.0333. The van der Waals surface area contributed by atoms with Gasteiger partial charge in [0.05, 0.1) is 24.4 Å². The van der Waals surface area contributed by atoms with E-state index >= 15 is 0 Å². The van der Waals surface area contributed by atoms with Gasteiger partial charge in [0.1, 0.15) is 28.5 Å². The molecule has 0 aliphatic carbocycles. The number of carbonyl (C=O) groups is 2.